The van der Waals surface area contributed by atoms with E-state index in [-0.39, 0.29) is 11.8 Å². The molecule has 0 aliphatic carbocycles. The minimum absolute atomic E-state index is 0.0674. The summed E-state index contributed by atoms with van der Waals surface area (Å²) in [4.78, 5) is 32.1. The first-order valence-corrected chi connectivity index (χ1v) is 11.2. The van der Waals surface area contributed by atoms with Crippen molar-refractivity contribution in [1.82, 2.24) is 25.4 Å². The highest BCUT2D eigenvalue weighted by atomic mass is 16.2. The molecule has 32 heavy (non-hydrogen) atoms. The molecule has 0 unspecified atom stereocenters. The second-order valence-electron chi connectivity index (χ2n) is 8.37. The average molecular weight is 432 g/mol. The number of nitrogens with zero attached hydrogens (tertiary/aromatic N) is 3. The Kier molecular flexibility index (Phi) is 6.63. The first-order valence-electron chi connectivity index (χ1n) is 11.2. The summed E-state index contributed by atoms with van der Waals surface area (Å²) in [7, 11) is 0. The van der Waals surface area contributed by atoms with Gasteiger partial charge in [-0.3, -0.25) is 19.7 Å². The van der Waals surface area contributed by atoms with Crippen molar-refractivity contribution in [3.05, 3.63) is 72.3 Å². The smallest absolute Gasteiger partial charge is 0.271 e. The van der Waals surface area contributed by atoms with Gasteiger partial charge < -0.3 is 10.2 Å². The SMILES string of the molecule is CCCNC(=O)C1(Cc2ccccc2-c2ccncc2)CCN(C(=O)c2ccn[nH]2)CC1. The minimum atomic E-state index is -0.553. The molecule has 3 aromatic rings. The molecule has 166 valence electrons. The van der Waals surface area contributed by atoms with Gasteiger partial charge in [0.2, 0.25) is 5.91 Å². The third-order valence-electron chi connectivity index (χ3n) is 6.29. The number of H-pyrrole nitrogens is 1. The molecule has 0 bridgehead atoms. The number of nitrogens with one attached hydrogen (secondary N) is 2. The van der Waals surface area contributed by atoms with E-state index in [0.717, 1.165) is 23.1 Å². The van der Waals surface area contributed by atoms with Crippen molar-refractivity contribution in [1.29, 1.82) is 0 Å². The lowest BCUT2D eigenvalue weighted by molar-refractivity contribution is -0.133. The third-order valence-corrected chi connectivity index (χ3v) is 6.29. The number of benzene rings is 1. The van der Waals surface area contributed by atoms with Gasteiger partial charge >= 0.3 is 0 Å². The number of pyridine rings is 1. The minimum Gasteiger partial charge on any atom is -0.356 e. The predicted octanol–water partition coefficient (Wildman–Crippen LogP) is 3.46. The summed E-state index contributed by atoms with van der Waals surface area (Å²) < 4.78 is 0. The second kappa shape index (κ2) is 9.77. The standard InChI is InChI=1S/C25H29N5O2/c1-2-12-27-24(32)25(10-16-30(17-11-25)23(31)22-9-15-28-29-22)18-20-5-3-4-6-21(20)19-7-13-26-14-8-19/h3-9,13-15H,2,10-12,16-18H2,1H3,(H,27,32)(H,28,29). The van der Waals surface area contributed by atoms with Crippen LogP contribution in [-0.4, -0.2) is 51.5 Å². The molecule has 0 saturated carbocycles. The summed E-state index contributed by atoms with van der Waals surface area (Å²) in [6, 6.07) is 13.9. The van der Waals surface area contributed by atoms with Crippen LogP contribution < -0.4 is 5.32 Å². The number of aromatic nitrogens is 3. The van der Waals surface area contributed by atoms with Crippen molar-refractivity contribution < 1.29 is 9.59 Å². The first kappa shape index (κ1) is 21.7. The molecular weight excluding hydrogens is 402 g/mol. The molecule has 2 N–H and O–H groups in total. The number of rotatable bonds is 7. The van der Waals surface area contributed by atoms with Crippen LogP contribution in [-0.2, 0) is 11.2 Å². The molecule has 2 amide bonds. The zero-order valence-electron chi connectivity index (χ0n) is 18.4. The quantitative estimate of drug-likeness (QED) is 0.599. The number of piperidine rings is 1. The van der Waals surface area contributed by atoms with Gasteiger partial charge in [0.25, 0.3) is 5.91 Å². The molecular formula is C25H29N5O2. The van der Waals surface area contributed by atoms with E-state index >= 15 is 0 Å². The fourth-order valence-electron chi connectivity index (χ4n) is 4.45. The lowest BCUT2D eigenvalue weighted by Crippen LogP contribution is -2.51. The molecule has 1 fully saturated rings. The van der Waals surface area contributed by atoms with Gasteiger partial charge in [-0.15, -0.1) is 0 Å². The van der Waals surface area contributed by atoms with Gasteiger partial charge in [0.15, 0.2) is 0 Å². The van der Waals surface area contributed by atoms with Gasteiger partial charge in [-0.1, -0.05) is 31.2 Å². The monoisotopic (exact) mass is 431 g/mol. The lowest BCUT2D eigenvalue weighted by Gasteiger charge is -2.41. The molecule has 3 heterocycles. The molecule has 1 aromatic carbocycles. The number of carbonyl (C=O) groups excluding carboxylic acids is 2. The number of amides is 2. The number of hydrogen-bond donors (Lipinski definition) is 2. The summed E-state index contributed by atoms with van der Waals surface area (Å²) in [5.74, 6) is 0.0137. The van der Waals surface area contributed by atoms with Crippen LogP contribution in [0.25, 0.3) is 11.1 Å². The van der Waals surface area contributed by atoms with E-state index < -0.39 is 5.41 Å². The molecule has 2 aromatic heterocycles. The highest BCUT2D eigenvalue weighted by Gasteiger charge is 2.42. The van der Waals surface area contributed by atoms with Gasteiger partial charge in [-0.05, 0) is 60.6 Å². The topological polar surface area (TPSA) is 91.0 Å². The van der Waals surface area contributed by atoms with E-state index in [1.165, 1.54) is 0 Å². The Morgan fingerprint density at radius 3 is 2.50 bits per heavy atom. The third kappa shape index (κ3) is 4.56. The Labute approximate surface area is 188 Å². The van der Waals surface area contributed by atoms with Gasteiger partial charge in [-0.25, -0.2) is 0 Å². The van der Waals surface area contributed by atoms with E-state index in [9.17, 15) is 9.59 Å². The number of aromatic amines is 1. The number of carbonyl (C=O) groups is 2. The molecule has 7 heteroatoms. The maximum atomic E-state index is 13.4. The van der Waals surface area contributed by atoms with Gasteiger partial charge in [0, 0.05) is 38.2 Å². The van der Waals surface area contributed by atoms with Crippen LogP contribution in [0.3, 0.4) is 0 Å². The summed E-state index contributed by atoms with van der Waals surface area (Å²) in [6.07, 6.45) is 7.91. The Bertz CT molecular complexity index is 1040. The molecule has 1 aliphatic heterocycles. The van der Waals surface area contributed by atoms with Crippen molar-refractivity contribution in [2.24, 2.45) is 5.41 Å². The summed E-state index contributed by atoms with van der Waals surface area (Å²) in [6.45, 7) is 3.78. The van der Waals surface area contributed by atoms with Gasteiger partial charge in [-0.2, -0.15) is 5.10 Å². The zero-order valence-corrected chi connectivity index (χ0v) is 18.4. The van der Waals surface area contributed by atoms with Crippen LogP contribution in [0.15, 0.2) is 61.1 Å². The number of hydrogen-bond acceptors (Lipinski definition) is 4. The summed E-state index contributed by atoms with van der Waals surface area (Å²) in [5, 5.41) is 9.75. The highest BCUT2D eigenvalue weighted by molar-refractivity contribution is 5.92. The van der Waals surface area contributed by atoms with Crippen LogP contribution in [0.4, 0.5) is 0 Å². The van der Waals surface area contributed by atoms with Crippen molar-refractivity contribution in [3.8, 4) is 11.1 Å². The van der Waals surface area contributed by atoms with E-state index in [1.54, 1.807) is 24.7 Å². The normalized spacial score (nSPS) is 15.3. The van der Waals surface area contributed by atoms with E-state index in [2.05, 4.69) is 39.6 Å². The summed E-state index contributed by atoms with van der Waals surface area (Å²) >= 11 is 0. The van der Waals surface area contributed by atoms with Crippen LogP contribution in [0.2, 0.25) is 0 Å². The van der Waals surface area contributed by atoms with E-state index in [4.69, 9.17) is 0 Å². The molecule has 4 rings (SSSR count). The van der Waals surface area contributed by atoms with Crippen LogP contribution >= 0.6 is 0 Å². The van der Waals surface area contributed by atoms with Gasteiger partial charge in [0.1, 0.15) is 5.69 Å². The fraction of sp³-hybridized carbons (Fsp3) is 0.360. The molecule has 1 saturated heterocycles. The predicted molar refractivity (Wildman–Crippen MR) is 123 cm³/mol. The average Bonchev–Trinajstić information content (AvgIpc) is 3.38. The Hall–Kier alpha value is -3.48. The van der Waals surface area contributed by atoms with Crippen molar-refractivity contribution >= 4 is 11.8 Å². The zero-order chi connectivity index (χ0) is 22.4. The number of likely N-dealkylation sites (tertiary alicyclic amines) is 1. The highest BCUT2D eigenvalue weighted by Crippen LogP contribution is 2.38. The second-order valence-corrected chi connectivity index (χ2v) is 8.37. The van der Waals surface area contributed by atoms with Gasteiger partial charge in [0.05, 0.1) is 5.41 Å². The molecule has 0 spiro atoms. The van der Waals surface area contributed by atoms with Crippen LogP contribution in [0.5, 0.6) is 0 Å². The Balaban J connectivity index is 1.59. The first-order chi connectivity index (χ1) is 15.6. The summed E-state index contributed by atoms with van der Waals surface area (Å²) in [5.41, 5.74) is 3.28. The molecule has 0 radical (unpaired) electrons. The van der Waals surface area contributed by atoms with Crippen LogP contribution in [0.1, 0.15) is 42.2 Å². The Morgan fingerprint density at radius 2 is 1.81 bits per heavy atom. The molecule has 0 atom stereocenters. The maximum Gasteiger partial charge on any atom is 0.271 e. The van der Waals surface area contributed by atoms with E-state index in [1.807, 2.05) is 29.2 Å². The fourth-order valence-corrected chi connectivity index (χ4v) is 4.45. The van der Waals surface area contributed by atoms with Crippen LogP contribution in [0, 0.1) is 5.41 Å². The Morgan fingerprint density at radius 1 is 1.06 bits per heavy atom. The van der Waals surface area contributed by atoms with E-state index in [0.29, 0.717) is 44.6 Å². The largest absolute Gasteiger partial charge is 0.356 e. The molecule has 1 aliphatic rings. The molecule has 7 nitrogen and oxygen atoms in total. The lowest BCUT2D eigenvalue weighted by atomic mass is 9.72. The van der Waals surface area contributed by atoms with Crippen molar-refractivity contribution in [3.63, 3.8) is 0 Å². The maximum absolute atomic E-state index is 13.4. The van der Waals surface area contributed by atoms with Crippen molar-refractivity contribution in [2.75, 3.05) is 19.6 Å². The van der Waals surface area contributed by atoms with Crippen molar-refractivity contribution in [2.45, 2.75) is 32.6 Å².